The number of piperidine rings is 1. The van der Waals surface area contributed by atoms with Gasteiger partial charge in [-0.25, -0.2) is 9.67 Å². The molecule has 0 bridgehead atoms. The molecule has 0 N–H and O–H groups in total. The van der Waals surface area contributed by atoms with Gasteiger partial charge in [0.2, 0.25) is 5.89 Å². The first-order valence-electron chi connectivity index (χ1n) is 8.06. The topological polar surface area (TPSA) is 72.9 Å². The maximum Gasteiger partial charge on any atom is 0.226 e. The summed E-state index contributed by atoms with van der Waals surface area (Å²) in [5.41, 5.74) is 0. The molecule has 0 amide bonds. The molecule has 3 rings (SSSR count). The van der Waals surface area contributed by atoms with Crippen LogP contribution in [-0.2, 0) is 19.5 Å². The minimum Gasteiger partial charge on any atom is -0.339 e. The molecule has 7 heteroatoms. The Morgan fingerprint density at radius 2 is 2.14 bits per heavy atom. The third-order valence-electron chi connectivity index (χ3n) is 4.17. The van der Waals surface area contributed by atoms with Crippen LogP contribution in [0.15, 0.2) is 4.52 Å². The highest BCUT2D eigenvalue weighted by molar-refractivity contribution is 4.90. The first-order valence-corrected chi connectivity index (χ1v) is 8.06. The first-order chi connectivity index (χ1) is 10.6. The van der Waals surface area contributed by atoms with E-state index in [-0.39, 0.29) is 0 Å². The normalized spacial score (nSPS) is 19.7. The number of hydrogen-bond acceptors (Lipinski definition) is 6. The molecule has 0 radical (unpaired) electrons. The summed E-state index contributed by atoms with van der Waals surface area (Å²) in [6.45, 7) is 9.85. The van der Waals surface area contributed by atoms with Crippen molar-refractivity contribution < 1.29 is 4.52 Å². The van der Waals surface area contributed by atoms with E-state index in [1.807, 2.05) is 25.5 Å². The molecule has 2 aromatic rings. The van der Waals surface area contributed by atoms with E-state index in [4.69, 9.17) is 4.52 Å². The largest absolute Gasteiger partial charge is 0.339 e. The van der Waals surface area contributed by atoms with Crippen molar-refractivity contribution in [1.29, 1.82) is 0 Å². The molecule has 1 aliphatic rings. The Morgan fingerprint density at radius 1 is 1.27 bits per heavy atom. The van der Waals surface area contributed by atoms with E-state index in [2.05, 4.69) is 25.1 Å². The van der Waals surface area contributed by atoms with Gasteiger partial charge in [-0.3, -0.25) is 4.90 Å². The van der Waals surface area contributed by atoms with Gasteiger partial charge in [-0.1, -0.05) is 12.1 Å². The molecule has 3 heterocycles. The molecule has 2 aromatic heterocycles. The second-order valence-corrected chi connectivity index (χ2v) is 6.09. The van der Waals surface area contributed by atoms with Gasteiger partial charge in [0.05, 0.1) is 6.54 Å². The van der Waals surface area contributed by atoms with Gasteiger partial charge in [0.25, 0.3) is 0 Å². The second-order valence-electron chi connectivity index (χ2n) is 6.09. The van der Waals surface area contributed by atoms with Crippen molar-refractivity contribution >= 4 is 0 Å². The number of rotatable bonds is 5. The summed E-state index contributed by atoms with van der Waals surface area (Å²) in [7, 11) is 0. The van der Waals surface area contributed by atoms with Crippen LogP contribution in [0.2, 0.25) is 0 Å². The lowest BCUT2D eigenvalue weighted by Gasteiger charge is -2.31. The smallest absolute Gasteiger partial charge is 0.226 e. The van der Waals surface area contributed by atoms with Gasteiger partial charge < -0.3 is 4.52 Å². The molecule has 0 aliphatic carbocycles. The van der Waals surface area contributed by atoms with E-state index in [1.165, 1.54) is 12.8 Å². The molecule has 0 saturated carbocycles. The quantitative estimate of drug-likeness (QED) is 0.838. The highest BCUT2D eigenvalue weighted by atomic mass is 16.5. The first kappa shape index (κ1) is 15.1. The van der Waals surface area contributed by atoms with Gasteiger partial charge in [0.1, 0.15) is 11.6 Å². The Bertz CT molecular complexity index is 619. The summed E-state index contributed by atoms with van der Waals surface area (Å²) in [6.07, 6.45) is 3.23. The van der Waals surface area contributed by atoms with Crippen LogP contribution >= 0.6 is 0 Å². The van der Waals surface area contributed by atoms with Gasteiger partial charge in [-0.2, -0.15) is 10.1 Å². The lowest BCUT2D eigenvalue weighted by atomic mass is 9.98. The second kappa shape index (κ2) is 6.56. The van der Waals surface area contributed by atoms with Crippen molar-refractivity contribution in [3.05, 3.63) is 23.4 Å². The van der Waals surface area contributed by atoms with Crippen molar-refractivity contribution in [3.63, 3.8) is 0 Å². The van der Waals surface area contributed by atoms with Gasteiger partial charge in [-0.05, 0) is 39.2 Å². The maximum absolute atomic E-state index is 5.19. The third-order valence-corrected chi connectivity index (χ3v) is 4.17. The standard InChI is InChI=1S/C15H24N6O/c1-4-15-17-14(19-22-15)10-20-7-5-6-13(8-20)9-21-12(3)16-11(2)18-21/h13H,4-10H2,1-3H3. The van der Waals surface area contributed by atoms with Gasteiger partial charge in [0, 0.05) is 19.5 Å². The molecular weight excluding hydrogens is 280 g/mol. The van der Waals surface area contributed by atoms with Crippen LogP contribution in [0.1, 0.15) is 43.1 Å². The molecule has 7 nitrogen and oxygen atoms in total. The molecule has 1 saturated heterocycles. The minimum absolute atomic E-state index is 0.603. The summed E-state index contributed by atoms with van der Waals surface area (Å²) in [6, 6.07) is 0. The fourth-order valence-electron chi connectivity index (χ4n) is 3.12. The summed E-state index contributed by atoms with van der Waals surface area (Å²) in [4.78, 5) is 11.2. The summed E-state index contributed by atoms with van der Waals surface area (Å²) in [5, 5.41) is 8.53. The van der Waals surface area contributed by atoms with Crippen LogP contribution in [0.3, 0.4) is 0 Å². The molecule has 1 atom stereocenters. The van der Waals surface area contributed by atoms with Crippen molar-refractivity contribution in [2.24, 2.45) is 5.92 Å². The number of hydrogen-bond donors (Lipinski definition) is 0. The predicted octanol–water partition coefficient (Wildman–Crippen LogP) is 1.75. The Morgan fingerprint density at radius 3 is 2.82 bits per heavy atom. The lowest BCUT2D eigenvalue weighted by molar-refractivity contribution is 0.148. The van der Waals surface area contributed by atoms with Crippen LogP contribution in [0.5, 0.6) is 0 Å². The fourth-order valence-corrected chi connectivity index (χ4v) is 3.12. The van der Waals surface area contributed by atoms with E-state index < -0.39 is 0 Å². The minimum atomic E-state index is 0.603. The van der Waals surface area contributed by atoms with Gasteiger partial charge in [-0.15, -0.1) is 0 Å². The van der Waals surface area contributed by atoms with Crippen molar-refractivity contribution in [2.75, 3.05) is 13.1 Å². The average molecular weight is 304 g/mol. The SMILES string of the molecule is CCc1nc(CN2CCCC(Cn3nc(C)nc3C)C2)no1. The monoisotopic (exact) mass is 304 g/mol. The average Bonchev–Trinajstić information content (AvgIpc) is 3.06. The van der Waals surface area contributed by atoms with Gasteiger partial charge >= 0.3 is 0 Å². The molecule has 22 heavy (non-hydrogen) atoms. The Hall–Kier alpha value is -1.76. The van der Waals surface area contributed by atoms with Crippen molar-refractivity contribution in [1.82, 2.24) is 29.8 Å². The highest BCUT2D eigenvalue weighted by Crippen LogP contribution is 2.20. The zero-order chi connectivity index (χ0) is 15.5. The molecule has 0 spiro atoms. The predicted molar refractivity (Wildman–Crippen MR) is 81.2 cm³/mol. The zero-order valence-electron chi connectivity index (χ0n) is 13.6. The van der Waals surface area contributed by atoms with Crippen molar-refractivity contribution in [2.45, 2.75) is 53.1 Å². The van der Waals surface area contributed by atoms with Crippen LogP contribution in [-0.4, -0.2) is 42.9 Å². The van der Waals surface area contributed by atoms with E-state index in [0.717, 1.165) is 56.0 Å². The number of aromatic nitrogens is 5. The van der Waals surface area contributed by atoms with Crippen LogP contribution < -0.4 is 0 Å². The number of likely N-dealkylation sites (tertiary alicyclic amines) is 1. The van der Waals surface area contributed by atoms with E-state index in [1.54, 1.807) is 0 Å². The van der Waals surface area contributed by atoms with E-state index >= 15 is 0 Å². The van der Waals surface area contributed by atoms with Crippen LogP contribution in [0.4, 0.5) is 0 Å². The Balaban J connectivity index is 1.58. The van der Waals surface area contributed by atoms with Gasteiger partial charge in [0.15, 0.2) is 5.82 Å². The van der Waals surface area contributed by atoms with Crippen LogP contribution in [0, 0.1) is 19.8 Å². The third kappa shape index (κ3) is 3.52. The number of aryl methyl sites for hydroxylation is 3. The number of nitrogens with zero attached hydrogens (tertiary/aromatic N) is 6. The zero-order valence-corrected chi connectivity index (χ0v) is 13.6. The highest BCUT2D eigenvalue weighted by Gasteiger charge is 2.22. The molecule has 1 aliphatic heterocycles. The maximum atomic E-state index is 5.19. The summed E-state index contributed by atoms with van der Waals surface area (Å²) in [5.74, 6) is 3.97. The Kier molecular flexibility index (Phi) is 4.52. The van der Waals surface area contributed by atoms with Crippen LogP contribution in [0.25, 0.3) is 0 Å². The molecule has 1 unspecified atom stereocenters. The van der Waals surface area contributed by atoms with E-state index in [0.29, 0.717) is 5.92 Å². The molecule has 120 valence electrons. The van der Waals surface area contributed by atoms with E-state index in [9.17, 15) is 0 Å². The van der Waals surface area contributed by atoms with Crippen molar-refractivity contribution in [3.8, 4) is 0 Å². The Labute approximate surface area is 130 Å². The lowest BCUT2D eigenvalue weighted by Crippen LogP contribution is -2.37. The summed E-state index contributed by atoms with van der Waals surface area (Å²) < 4.78 is 7.22. The fraction of sp³-hybridized carbons (Fsp3) is 0.733. The molecule has 1 fully saturated rings. The molecular formula is C15H24N6O. The molecule has 0 aromatic carbocycles. The summed E-state index contributed by atoms with van der Waals surface area (Å²) >= 11 is 0.